The number of nitrogens with two attached hydrogens (primary N) is 1. The lowest BCUT2D eigenvalue weighted by molar-refractivity contribution is -0.122. The van der Waals surface area contributed by atoms with Crippen LogP contribution in [0.3, 0.4) is 0 Å². The molecule has 3 N–H and O–H groups in total. The van der Waals surface area contributed by atoms with Crippen LogP contribution in [0.4, 0.5) is 8.78 Å². The zero-order valence-electron chi connectivity index (χ0n) is 10.8. The first-order valence-corrected chi connectivity index (χ1v) is 6.47. The molecule has 3 nitrogen and oxygen atoms in total. The van der Waals surface area contributed by atoms with Gasteiger partial charge < -0.3 is 11.1 Å². The van der Waals surface area contributed by atoms with Crippen molar-refractivity contribution in [2.45, 2.75) is 31.7 Å². The Labute approximate surface area is 111 Å². The van der Waals surface area contributed by atoms with E-state index >= 15 is 0 Å². The summed E-state index contributed by atoms with van der Waals surface area (Å²) in [4.78, 5) is 11.8. The standard InChI is InChI=1S/C14H18F2N2O/c1-8(17)4-5-18-14(19)11-7-10(11)9-2-3-12(15)13(16)6-9/h2-3,6,8,10-11H,4-5,7,17H2,1H3,(H,18,19). The first-order chi connectivity index (χ1) is 8.99. The minimum atomic E-state index is -0.861. The van der Waals surface area contributed by atoms with Crippen LogP contribution in [0.15, 0.2) is 18.2 Å². The number of rotatable bonds is 5. The van der Waals surface area contributed by atoms with E-state index in [2.05, 4.69) is 5.32 Å². The number of hydrogen-bond acceptors (Lipinski definition) is 2. The van der Waals surface area contributed by atoms with Crippen LogP contribution in [0, 0.1) is 17.6 Å². The number of nitrogens with one attached hydrogen (secondary N) is 1. The number of halogens is 2. The molecule has 0 bridgehead atoms. The summed E-state index contributed by atoms with van der Waals surface area (Å²) in [6.07, 6.45) is 1.42. The van der Waals surface area contributed by atoms with Gasteiger partial charge in [-0.3, -0.25) is 4.79 Å². The molecule has 104 valence electrons. The van der Waals surface area contributed by atoms with E-state index in [0.29, 0.717) is 18.5 Å². The predicted octanol–water partition coefficient (Wildman–Crippen LogP) is 1.92. The summed E-state index contributed by atoms with van der Waals surface area (Å²) in [5.41, 5.74) is 6.28. The summed E-state index contributed by atoms with van der Waals surface area (Å²) >= 11 is 0. The first kappa shape index (κ1) is 13.9. The van der Waals surface area contributed by atoms with Crippen LogP contribution in [-0.2, 0) is 4.79 Å². The second-order valence-electron chi connectivity index (χ2n) is 5.18. The second-order valence-corrected chi connectivity index (χ2v) is 5.18. The Morgan fingerprint density at radius 2 is 2.21 bits per heavy atom. The summed E-state index contributed by atoms with van der Waals surface area (Å²) in [7, 11) is 0. The number of hydrogen-bond donors (Lipinski definition) is 2. The molecule has 1 saturated carbocycles. The minimum absolute atomic E-state index is 0.00500. The largest absolute Gasteiger partial charge is 0.356 e. The summed E-state index contributed by atoms with van der Waals surface area (Å²) in [6.45, 7) is 2.44. The van der Waals surface area contributed by atoms with Gasteiger partial charge in [0.05, 0.1) is 0 Å². The third-order valence-electron chi connectivity index (χ3n) is 3.40. The smallest absolute Gasteiger partial charge is 0.223 e. The molecule has 0 heterocycles. The van der Waals surface area contributed by atoms with Crippen molar-refractivity contribution in [1.29, 1.82) is 0 Å². The van der Waals surface area contributed by atoms with Crippen LogP contribution in [0.5, 0.6) is 0 Å². The molecule has 19 heavy (non-hydrogen) atoms. The van der Waals surface area contributed by atoms with Crippen LogP contribution < -0.4 is 11.1 Å². The molecule has 3 unspecified atom stereocenters. The van der Waals surface area contributed by atoms with E-state index in [1.165, 1.54) is 12.1 Å². The molecule has 1 aliphatic carbocycles. The predicted molar refractivity (Wildman–Crippen MR) is 68.5 cm³/mol. The lowest BCUT2D eigenvalue weighted by Crippen LogP contribution is -2.30. The van der Waals surface area contributed by atoms with Crippen molar-refractivity contribution in [2.24, 2.45) is 11.7 Å². The Morgan fingerprint density at radius 3 is 2.84 bits per heavy atom. The fourth-order valence-electron chi connectivity index (χ4n) is 2.15. The molecule has 1 aromatic rings. The van der Waals surface area contributed by atoms with E-state index < -0.39 is 11.6 Å². The Bertz CT molecular complexity index is 477. The maximum atomic E-state index is 13.1. The quantitative estimate of drug-likeness (QED) is 0.857. The van der Waals surface area contributed by atoms with Crippen molar-refractivity contribution in [3.05, 3.63) is 35.4 Å². The van der Waals surface area contributed by atoms with Crippen molar-refractivity contribution >= 4 is 5.91 Å². The third kappa shape index (κ3) is 3.50. The highest BCUT2D eigenvalue weighted by Crippen LogP contribution is 2.47. The zero-order valence-corrected chi connectivity index (χ0v) is 10.8. The van der Waals surface area contributed by atoms with E-state index in [0.717, 1.165) is 12.5 Å². The molecule has 0 aliphatic heterocycles. The fourth-order valence-corrected chi connectivity index (χ4v) is 2.15. The van der Waals surface area contributed by atoms with Crippen molar-refractivity contribution in [3.63, 3.8) is 0 Å². The van der Waals surface area contributed by atoms with E-state index in [9.17, 15) is 13.6 Å². The monoisotopic (exact) mass is 268 g/mol. The van der Waals surface area contributed by atoms with Crippen molar-refractivity contribution in [3.8, 4) is 0 Å². The average molecular weight is 268 g/mol. The molecule has 3 atom stereocenters. The molecular formula is C14H18F2N2O. The Kier molecular flexibility index (Phi) is 4.14. The van der Waals surface area contributed by atoms with Crippen LogP contribution in [-0.4, -0.2) is 18.5 Å². The van der Waals surface area contributed by atoms with Crippen LogP contribution in [0.25, 0.3) is 0 Å². The highest BCUT2D eigenvalue weighted by atomic mass is 19.2. The number of benzene rings is 1. The normalized spacial score (nSPS) is 22.9. The van der Waals surface area contributed by atoms with E-state index in [-0.39, 0.29) is 23.8 Å². The second kappa shape index (κ2) is 5.65. The number of carbonyl (C=O) groups excluding carboxylic acids is 1. The van der Waals surface area contributed by atoms with Gasteiger partial charge in [0.1, 0.15) is 0 Å². The summed E-state index contributed by atoms with van der Waals surface area (Å²) in [5, 5.41) is 2.81. The average Bonchev–Trinajstić information content (AvgIpc) is 3.12. The molecule has 5 heteroatoms. The SMILES string of the molecule is CC(N)CCNC(=O)C1CC1c1ccc(F)c(F)c1. The summed E-state index contributed by atoms with van der Waals surface area (Å²) in [5.74, 6) is -1.87. The Balaban J connectivity index is 1.86. The van der Waals surface area contributed by atoms with Gasteiger partial charge in [0.25, 0.3) is 0 Å². The van der Waals surface area contributed by atoms with Crippen molar-refractivity contribution in [2.75, 3.05) is 6.54 Å². The highest BCUT2D eigenvalue weighted by Gasteiger charge is 2.43. The van der Waals surface area contributed by atoms with Gasteiger partial charge in [-0.2, -0.15) is 0 Å². The van der Waals surface area contributed by atoms with Crippen LogP contribution >= 0.6 is 0 Å². The molecule has 2 rings (SSSR count). The molecule has 0 aromatic heterocycles. The molecule has 0 saturated heterocycles. The van der Waals surface area contributed by atoms with Gasteiger partial charge in [0, 0.05) is 18.5 Å². The van der Waals surface area contributed by atoms with Gasteiger partial charge in [-0.25, -0.2) is 8.78 Å². The summed E-state index contributed by atoms with van der Waals surface area (Å²) in [6, 6.07) is 3.88. The molecule has 0 radical (unpaired) electrons. The van der Waals surface area contributed by atoms with E-state index in [1.54, 1.807) is 0 Å². The zero-order chi connectivity index (χ0) is 14.0. The Morgan fingerprint density at radius 1 is 1.47 bits per heavy atom. The lowest BCUT2D eigenvalue weighted by Gasteiger charge is -2.07. The van der Waals surface area contributed by atoms with Gasteiger partial charge in [0.15, 0.2) is 11.6 Å². The van der Waals surface area contributed by atoms with Crippen LogP contribution in [0.2, 0.25) is 0 Å². The topological polar surface area (TPSA) is 55.1 Å². The first-order valence-electron chi connectivity index (χ1n) is 6.47. The maximum Gasteiger partial charge on any atom is 0.223 e. The molecule has 1 fully saturated rings. The molecule has 1 aromatic carbocycles. The van der Waals surface area contributed by atoms with Crippen LogP contribution in [0.1, 0.15) is 31.2 Å². The van der Waals surface area contributed by atoms with Gasteiger partial charge in [-0.15, -0.1) is 0 Å². The third-order valence-corrected chi connectivity index (χ3v) is 3.40. The van der Waals surface area contributed by atoms with Crippen molar-refractivity contribution < 1.29 is 13.6 Å². The van der Waals surface area contributed by atoms with E-state index in [1.807, 2.05) is 6.92 Å². The number of amides is 1. The molecule has 1 amide bonds. The molecule has 1 aliphatic rings. The molecule has 0 spiro atoms. The van der Waals surface area contributed by atoms with Gasteiger partial charge in [0.2, 0.25) is 5.91 Å². The van der Waals surface area contributed by atoms with Crippen molar-refractivity contribution in [1.82, 2.24) is 5.32 Å². The summed E-state index contributed by atoms with van der Waals surface area (Å²) < 4.78 is 25.9. The molecular weight excluding hydrogens is 250 g/mol. The van der Waals surface area contributed by atoms with E-state index in [4.69, 9.17) is 5.73 Å². The van der Waals surface area contributed by atoms with Gasteiger partial charge in [-0.05, 0) is 43.4 Å². The number of carbonyl (C=O) groups is 1. The van der Waals surface area contributed by atoms with Gasteiger partial charge in [-0.1, -0.05) is 6.07 Å². The Hall–Kier alpha value is -1.49. The lowest BCUT2D eigenvalue weighted by atomic mass is 10.1. The fraction of sp³-hybridized carbons (Fsp3) is 0.500. The minimum Gasteiger partial charge on any atom is -0.356 e. The highest BCUT2D eigenvalue weighted by molar-refractivity contribution is 5.82. The van der Waals surface area contributed by atoms with Gasteiger partial charge >= 0.3 is 0 Å². The maximum absolute atomic E-state index is 13.1.